The number of nitrogens with zero attached hydrogens (tertiary/aromatic N) is 2. The second-order valence-corrected chi connectivity index (χ2v) is 3.67. The van der Waals surface area contributed by atoms with Gasteiger partial charge in [-0.05, 0) is 20.8 Å². The van der Waals surface area contributed by atoms with Crippen LogP contribution in [-0.2, 0) is 11.5 Å². The van der Waals surface area contributed by atoms with Crippen molar-refractivity contribution in [2.45, 2.75) is 33.1 Å². The molecule has 1 aromatic heterocycles. The van der Waals surface area contributed by atoms with E-state index in [2.05, 4.69) is 5.10 Å². The Hall–Kier alpha value is -1.03. The van der Waals surface area contributed by atoms with Gasteiger partial charge in [0.1, 0.15) is 12.5 Å². The summed E-state index contributed by atoms with van der Waals surface area (Å²) in [5.41, 5.74) is 5.29. The summed E-state index contributed by atoms with van der Waals surface area (Å²) in [5.74, 6) is 0.521. The average molecular weight is 169 g/mol. The standard InChI is InChI=1S/C8H15N3O/c1-8(2,3)12-6-11-5-4-7(9)10-11/h4-5H,6H2,1-3H3,(H2,9,10). The van der Waals surface area contributed by atoms with Crippen LogP contribution in [-0.4, -0.2) is 15.4 Å². The molecule has 0 saturated carbocycles. The molecule has 1 heterocycles. The smallest absolute Gasteiger partial charge is 0.145 e. The van der Waals surface area contributed by atoms with Gasteiger partial charge in [-0.2, -0.15) is 5.10 Å². The van der Waals surface area contributed by atoms with Crippen molar-refractivity contribution >= 4 is 5.82 Å². The van der Waals surface area contributed by atoms with Crippen LogP contribution in [0.4, 0.5) is 5.82 Å². The monoisotopic (exact) mass is 169 g/mol. The van der Waals surface area contributed by atoms with E-state index in [1.165, 1.54) is 0 Å². The highest BCUT2D eigenvalue weighted by Crippen LogP contribution is 2.07. The Bertz CT molecular complexity index is 249. The molecule has 0 spiro atoms. The molecule has 0 saturated heterocycles. The molecule has 0 bridgehead atoms. The molecule has 4 nitrogen and oxygen atoms in total. The molecule has 0 aliphatic heterocycles. The zero-order chi connectivity index (χ0) is 9.19. The van der Waals surface area contributed by atoms with Crippen molar-refractivity contribution < 1.29 is 4.74 Å². The minimum Gasteiger partial charge on any atom is -0.382 e. The van der Waals surface area contributed by atoms with Gasteiger partial charge in [0.15, 0.2) is 0 Å². The fourth-order valence-corrected chi connectivity index (χ4v) is 0.709. The summed E-state index contributed by atoms with van der Waals surface area (Å²) in [7, 11) is 0. The Labute approximate surface area is 72.3 Å². The lowest BCUT2D eigenvalue weighted by Crippen LogP contribution is -2.21. The van der Waals surface area contributed by atoms with Gasteiger partial charge < -0.3 is 10.5 Å². The lowest BCUT2D eigenvalue weighted by Gasteiger charge is -2.19. The van der Waals surface area contributed by atoms with Crippen LogP contribution in [0.1, 0.15) is 20.8 Å². The fourth-order valence-electron chi connectivity index (χ4n) is 0.709. The molecule has 1 rings (SSSR count). The molecule has 0 unspecified atom stereocenters. The first kappa shape index (κ1) is 9.06. The topological polar surface area (TPSA) is 53.1 Å². The molecule has 12 heavy (non-hydrogen) atoms. The number of ether oxygens (including phenoxy) is 1. The Morgan fingerprint density at radius 3 is 2.67 bits per heavy atom. The third kappa shape index (κ3) is 2.92. The lowest BCUT2D eigenvalue weighted by atomic mass is 10.2. The van der Waals surface area contributed by atoms with E-state index in [0.29, 0.717) is 12.5 Å². The number of nitrogens with two attached hydrogens (primary N) is 1. The Balaban J connectivity index is 2.44. The SMILES string of the molecule is CC(C)(C)OCn1ccc(N)n1. The highest BCUT2D eigenvalue weighted by atomic mass is 16.5. The number of hydrogen-bond acceptors (Lipinski definition) is 3. The summed E-state index contributed by atoms with van der Waals surface area (Å²) >= 11 is 0. The number of aromatic nitrogens is 2. The highest BCUT2D eigenvalue weighted by Gasteiger charge is 2.09. The van der Waals surface area contributed by atoms with E-state index >= 15 is 0 Å². The van der Waals surface area contributed by atoms with Crippen molar-refractivity contribution in [2.24, 2.45) is 0 Å². The average Bonchev–Trinajstić information content (AvgIpc) is 2.30. The predicted octanol–water partition coefficient (Wildman–Crippen LogP) is 1.24. The Morgan fingerprint density at radius 1 is 1.58 bits per heavy atom. The van der Waals surface area contributed by atoms with Gasteiger partial charge in [0.25, 0.3) is 0 Å². The molecular formula is C8H15N3O. The van der Waals surface area contributed by atoms with Crippen LogP contribution in [0.2, 0.25) is 0 Å². The summed E-state index contributed by atoms with van der Waals surface area (Å²) < 4.78 is 7.14. The van der Waals surface area contributed by atoms with Crippen LogP contribution >= 0.6 is 0 Å². The molecule has 0 radical (unpaired) electrons. The number of anilines is 1. The maximum absolute atomic E-state index is 5.47. The molecule has 1 aromatic rings. The lowest BCUT2D eigenvalue weighted by molar-refractivity contribution is -0.0478. The normalized spacial score (nSPS) is 11.9. The number of rotatable bonds is 2. The minimum absolute atomic E-state index is 0.138. The first-order chi connectivity index (χ1) is 5.47. The van der Waals surface area contributed by atoms with Crippen molar-refractivity contribution in [3.8, 4) is 0 Å². The maximum Gasteiger partial charge on any atom is 0.145 e. The molecular weight excluding hydrogens is 154 g/mol. The van der Waals surface area contributed by atoms with Gasteiger partial charge in [0.05, 0.1) is 5.60 Å². The first-order valence-corrected chi connectivity index (χ1v) is 3.90. The summed E-state index contributed by atoms with van der Waals surface area (Å²) in [6.45, 7) is 6.44. The van der Waals surface area contributed by atoms with Gasteiger partial charge in [-0.1, -0.05) is 0 Å². The van der Waals surface area contributed by atoms with Crippen molar-refractivity contribution in [3.63, 3.8) is 0 Å². The predicted molar refractivity (Wildman–Crippen MR) is 47.5 cm³/mol. The van der Waals surface area contributed by atoms with E-state index in [9.17, 15) is 0 Å². The van der Waals surface area contributed by atoms with Gasteiger partial charge in [-0.3, -0.25) is 0 Å². The number of nitrogen functional groups attached to an aromatic ring is 1. The van der Waals surface area contributed by atoms with Crippen molar-refractivity contribution in [1.29, 1.82) is 0 Å². The van der Waals surface area contributed by atoms with Crippen LogP contribution in [0, 0.1) is 0 Å². The largest absolute Gasteiger partial charge is 0.382 e. The van der Waals surface area contributed by atoms with Crippen LogP contribution < -0.4 is 5.73 Å². The van der Waals surface area contributed by atoms with Crippen LogP contribution in [0.25, 0.3) is 0 Å². The molecule has 0 amide bonds. The van der Waals surface area contributed by atoms with Crippen molar-refractivity contribution in [1.82, 2.24) is 9.78 Å². The molecule has 0 aliphatic rings. The van der Waals surface area contributed by atoms with Gasteiger partial charge in [-0.15, -0.1) is 0 Å². The summed E-state index contributed by atoms with van der Waals surface area (Å²) in [4.78, 5) is 0. The summed E-state index contributed by atoms with van der Waals surface area (Å²) in [6, 6.07) is 1.74. The van der Waals surface area contributed by atoms with Gasteiger partial charge in [0.2, 0.25) is 0 Å². The third-order valence-corrected chi connectivity index (χ3v) is 1.29. The summed E-state index contributed by atoms with van der Waals surface area (Å²) in [5, 5.41) is 3.98. The molecule has 4 heteroatoms. The van der Waals surface area contributed by atoms with Crippen molar-refractivity contribution in [3.05, 3.63) is 12.3 Å². The quantitative estimate of drug-likeness (QED) is 0.724. The van der Waals surface area contributed by atoms with E-state index in [1.807, 2.05) is 20.8 Å². The maximum atomic E-state index is 5.47. The van der Waals surface area contributed by atoms with Gasteiger partial charge in [-0.25, -0.2) is 4.68 Å². The van der Waals surface area contributed by atoms with Crippen LogP contribution in [0.15, 0.2) is 12.3 Å². The fraction of sp³-hybridized carbons (Fsp3) is 0.625. The van der Waals surface area contributed by atoms with E-state index in [4.69, 9.17) is 10.5 Å². The zero-order valence-corrected chi connectivity index (χ0v) is 7.74. The van der Waals surface area contributed by atoms with Crippen molar-refractivity contribution in [2.75, 3.05) is 5.73 Å². The summed E-state index contributed by atoms with van der Waals surface area (Å²) in [6.07, 6.45) is 1.79. The van der Waals surface area contributed by atoms with Gasteiger partial charge in [0, 0.05) is 12.3 Å². The van der Waals surface area contributed by atoms with E-state index in [-0.39, 0.29) is 5.60 Å². The molecule has 68 valence electrons. The first-order valence-electron chi connectivity index (χ1n) is 3.90. The van der Waals surface area contributed by atoms with E-state index in [0.717, 1.165) is 0 Å². The van der Waals surface area contributed by atoms with E-state index in [1.54, 1.807) is 16.9 Å². The molecule has 0 aromatic carbocycles. The second-order valence-electron chi connectivity index (χ2n) is 3.67. The highest BCUT2D eigenvalue weighted by molar-refractivity contribution is 5.23. The molecule has 0 fully saturated rings. The Morgan fingerprint density at radius 2 is 2.25 bits per heavy atom. The van der Waals surface area contributed by atoms with Crippen LogP contribution in [0.3, 0.4) is 0 Å². The molecule has 0 atom stereocenters. The van der Waals surface area contributed by atoms with E-state index < -0.39 is 0 Å². The van der Waals surface area contributed by atoms with Crippen LogP contribution in [0.5, 0.6) is 0 Å². The third-order valence-electron chi connectivity index (χ3n) is 1.29. The minimum atomic E-state index is -0.138. The van der Waals surface area contributed by atoms with Gasteiger partial charge >= 0.3 is 0 Å². The molecule has 0 aliphatic carbocycles. The zero-order valence-electron chi connectivity index (χ0n) is 7.74. The number of hydrogen-bond donors (Lipinski definition) is 1. The Kier molecular flexibility index (Phi) is 2.38. The molecule has 2 N–H and O–H groups in total. The second kappa shape index (κ2) is 3.15.